The molecule has 0 bridgehead atoms. The van der Waals surface area contributed by atoms with Gasteiger partial charge in [-0.1, -0.05) is 18.5 Å². The molecule has 1 fully saturated rings. The third-order valence-corrected chi connectivity index (χ3v) is 4.22. The van der Waals surface area contributed by atoms with E-state index >= 15 is 0 Å². The Morgan fingerprint density at radius 2 is 2.33 bits per heavy atom. The normalized spacial score (nSPS) is 25.9. The van der Waals surface area contributed by atoms with Gasteiger partial charge in [-0.25, -0.2) is 4.98 Å². The summed E-state index contributed by atoms with van der Waals surface area (Å²) in [4.78, 5) is 8.71. The van der Waals surface area contributed by atoms with E-state index in [-0.39, 0.29) is 0 Å². The van der Waals surface area contributed by atoms with Crippen molar-refractivity contribution < 1.29 is 9.26 Å². The Morgan fingerprint density at radius 3 is 3.05 bits per heavy atom. The van der Waals surface area contributed by atoms with Gasteiger partial charge in [0.15, 0.2) is 5.69 Å². The molecule has 2 N–H and O–H groups in total. The average Bonchev–Trinajstić information content (AvgIpc) is 2.98. The van der Waals surface area contributed by atoms with E-state index in [1.54, 1.807) is 25.4 Å². The van der Waals surface area contributed by atoms with Crippen molar-refractivity contribution in [2.45, 2.75) is 38.2 Å². The lowest BCUT2D eigenvalue weighted by molar-refractivity contribution is -0.0658. The predicted octanol–water partition coefficient (Wildman–Crippen LogP) is 2.77. The van der Waals surface area contributed by atoms with Crippen LogP contribution in [0.25, 0.3) is 11.6 Å². The van der Waals surface area contributed by atoms with Crippen LogP contribution in [0, 0.1) is 5.92 Å². The Labute approximate surface area is 123 Å². The van der Waals surface area contributed by atoms with Gasteiger partial charge in [-0.05, 0) is 37.3 Å². The first-order valence-electron chi connectivity index (χ1n) is 7.25. The third-order valence-electron chi connectivity index (χ3n) is 4.22. The summed E-state index contributed by atoms with van der Waals surface area (Å²) in [6.07, 6.45) is 5.78. The van der Waals surface area contributed by atoms with Crippen molar-refractivity contribution in [3.63, 3.8) is 0 Å². The molecule has 1 aliphatic carbocycles. The minimum atomic E-state index is -0.455. The van der Waals surface area contributed by atoms with Crippen LogP contribution < -0.4 is 5.73 Å². The summed E-state index contributed by atoms with van der Waals surface area (Å²) in [5, 5.41) is 4.13. The van der Waals surface area contributed by atoms with Gasteiger partial charge >= 0.3 is 0 Å². The SMILES string of the molecule is COC1(c2noc(-c3ncccc3N)n2)CCCC(C)C1. The van der Waals surface area contributed by atoms with E-state index < -0.39 is 5.60 Å². The first-order valence-corrected chi connectivity index (χ1v) is 7.25. The highest BCUT2D eigenvalue weighted by molar-refractivity contribution is 5.65. The van der Waals surface area contributed by atoms with Gasteiger partial charge in [0.25, 0.3) is 5.89 Å². The second-order valence-corrected chi connectivity index (χ2v) is 5.76. The van der Waals surface area contributed by atoms with Crippen molar-refractivity contribution in [3.8, 4) is 11.6 Å². The smallest absolute Gasteiger partial charge is 0.278 e. The molecule has 112 valence electrons. The maximum absolute atomic E-state index is 5.91. The van der Waals surface area contributed by atoms with Gasteiger partial charge in [0.1, 0.15) is 5.60 Å². The fraction of sp³-hybridized carbons (Fsp3) is 0.533. The number of pyridine rings is 1. The maximum Gasteiger partial charge on any atom is 0.278 e. The zero-order valence-electron chi connectivity index (χ0n) is 12.4. The lowest BCUT2D eigenvalue weighted by Gasteiger charge is -2.36. The van der Waals surface area contributed by atoms with Crippen LogP contribution in [0.3, 0.4) is 0 Å². The summed E-state index contributed by atoms with van der Waals surface area (Å²) in [6, 6.07) is 3.54. The van der Waals surface area contributed by atoms with Gasteiger partial charge in [-0.15, -0.1) is 0 Å². The summed E-state index contributed by atoms with van der Waals surface area (Å²) >= 11 is 0. The first-order chi connectivity index (χ1) is 10.1. The summed E-state index contributed by atoms with van der Waals surface area (Å²) in [5.41, 5.74) is 6.49. The summed E-state index contributed by atoms with van der Waals surface area (Å²) in [7, 11) is 1.71. The molecule has 1 aliphatic rings. The van der Waals surface area contributed by atoms with E-state index in [1.165, 1.54) is 6.42 Å². The van der Waals surface area contributed by atoms with Gasteiger partial charge in [0.2, 0.25) is 5.82 Å². The number of anilines is 1. The van der Waals surface area contributed by atoms with Crippen LogP contribution in [0.1, 0.15) is 38.4 Å². The number of hydrogen-bond donors (Lipinski definition) is 1. The van der Waals surface area contributed by atoms with Crippen molar-refractivity contribution in [2.24, 2.45) is 5.92 Å². The summed E-state index contributed by atoms with van der Waals surface area (Å²) in [6.45, 7) is 2.23. The standard InChI is InChI=1S/C15H20N4O2/c1-10-5-3-7-15(9-10,20-2)14-18-13(21-19-14)12-11(16)6-4-8-17-12/h4,6,8,10H,3,5,7,9,16H2,1-2H3. The molecule has 2 unspecified atom stereocenters. The van der Waals surface area contributed by atoms with E-state index in [0.29, 0.717) is 29.0 Å². The van der Waals surface area contributed by atoms with Gasteiger partial charge < -0.3 is 15.0 Å². The lowest BCUT2D eigenvalue weighted by Crippen LogP contribution is -2.35. The molecule has 2 aromatic rings. The highest BCUT2D eigenvalue weighted by Gasteiger charge is 2.41. The molecule has 3 rings (SSSR count). The first kappa shape index (κ1) is 14.0. The lowest BCUT2D eigenvalue weighted by atomic mass is 9.78. The molecular weight excluding hydrogens is 268 g/mol. The molecule has 0 spiro atoms. The number of methoxy groups -OCH3 is 1. The van der Waals surface area contributed by atoms with Crippen molar-refractivity contribution in [1.82, 2.24) is 15.1 Å². The number of ether oxygens (including phenoxy) is 1. The van der Waals surface area contributed by atoms with Crippen LogP contribution in [-0.2, 0) is 10.3 Å². The summed E-state index contributed by atoms with van der Waals surface area (Å²) < 4.78 is 11.1. The molecule has 2 aromatic heterocycles. The zero-order valence-corrected chi connectivity index (χ0v) is 12.4. The van der Waals surface area contributed by atoms with Crippen LogP contribution in [0.15, 0.2) is 22.9 Å². The molecule has 0 aromatic carbocycles. The number of aromatic nitrogens is 3. The molecular formula is C15H20N4O2. The number of hydrogen-bond acceptors (Lipinski definition) is 6. The second-order valence-electron chi connectivity index (χ2n) is 5.76. The largest absolute Gasteiger partial charge is 0.397 e. The molecule has 0 radical (unpaired) electrons. The second kappa shape index (κ2) is 5.44. The van der Waals surface area contributed by atoms with Crippen LogP contribution >= 0.6 is 0 Å². The molecule has 6 nitrogen and oxygen atoms in total. The molecule has 2 atom stereocenters. The number of nitrogen functional groups attached to an aromatic ring is 1. The minimum Gasteiger partial charge on any atom is -0.397 e. The van der Waals surface area contributed by atoms with Crippen LogP contribution in [0.2, 0.25) is 0 Å². The fourth-order valence-electron chi connectivity index (χ4n) is 3.08. The van der Waals surface area contributed by atoms with E-state index in [4.69, 9.17) is 15.0 Å². The Balaban J connectivity index is 1.95. The molecule has 1 saturated carbocycles. The van der Waals surface area contributed by atoms with Crippen molar-refractivity contribution in [2.75, 3.05) is 12.8 Å². The molecule has 2 heterocycles. The third kappa shape index (κ3) is 2.51. The Bertz CT molecular complexity index is 628. The number of nitrogens with two attached hydrogens (primary N) is 1. The van der Waals surface area contributed by atoms with E-state index in [2.05, 4.69) is 22.0 Å². The molecule has 0 amide bonds. The highest BCUT2D eigenvalue weighted by Crippen LogP contribution is 2.41. The quantitative estimate of drug-likeness (QED) is 0.934. The van der Waals surface area contributed by atoms with E-state index in [9.17, 15) is 0 Å². The van der Waals surface area contributed by atoms with Gasteiger partial charge in [-0.3, -0.25) is 0 Å². The van der Waals surface area contributed by atoms with Crippen LogP contribution in [0.5, 0.6) is 0 Å². The topological polar surface area (TPSA) is 87.1 Å². The Morgan fingerprint density at radius 1 is 1.48 bits per heavy atom. The highest BCUT2D eigenvalue weighted by atomic mass is 16.5. The fourth-order valence-corrected chi connectivity index (χ4v) is 3.08. The molecule has 0 saturated heterocycles. The van der Waals surface area contributed by atoms with Gasteiger partial charge in [0, 0.05) is 13.3 Å². The van der Waals surface area contributed by atoms with Gasteiger partial charge in [-0.2, -0.15) is 4.98 Å². The van der Waals surface area contributed by atoms with E-state index in [0.717, 1.165) is 19.3 Å². The maximum atomic E-state index is 5.91. The molecule has 6 heteroatoms. The van der Waals surface area contributed by atoms with Gasteiger partial charge in [0.05, 0.1) is 5.69 Å². The van der Waals surface area contributed by atoms with Crippen molar-refractivity contribution in [3.05, 3.63) is 24.2 Å². The monoisotopic (exact) mass is 288 g/mol. The van der Waals surface area contributed by atoms with E-state index in [1.807, 2.05) is 0 Å². The minimum absolute atomic E-state index is 0.345. The van der Waals surface area contributed by atoms with Crippen LogP contribution in [-0.4, -0.2) is 22.2 Å². The average molecular weight is 288 g/mol. The molecule has 0 aliphatic heterocycles. The van der Waals surface area contributed by atoms with Crippen molar-refractivity contribution >= 4 is 5.69 Å². The number of rotatable bonds is 3. The van der Waals surface area contributed by atoms with Crippen molar-refractivity contribution in [1.29, 1.82) is 0 Å². The Kier molecular flexibility index (Phi) is 3.63. The van der Waals surface area contributed by atoms with Crippen LogP contribution in [0.4, 0.5) is 5.69 Å². The summed E-state index contributed by atoms with van der Waals surface area (Å²) in [5.74, 6) is 1.52. The molecule has 21 heavy (non-hydrogen) atoms. The predicted molar refractivity (Wildman–Crippen MR) is 78.3 cm³/mol. The Hall–Kier alpha value is -1.95. The zero-order chi connectivity index (χ0) is 14.9. The number of nitrogens with zero attached hydrogens (tertiary/aromatic N) is 3.